The molecule has 0 spiro atoms. The summed E-state index contributed by atoms with van der Waals surface area (Å²) in [6, 6.07) is 2.88. The highest BCUT2D eigenvalue weighted by molar-refractivity contribution is 4.94. The van der Waals surface area contributed by atoms with Gasteiger partial charge in [0.2, 0.25) is 0 Å². The molecule has 1 aliphatic rings. The van der Waals surface area contributed by atoms with E-state index in [-0.39, 0.29) is 5.92 Å². The van der Waals surface area contributed by atoms with Gasteiger partial charge in [-0.2, -0.15) is 5.26 Å². The van der Waals surface area contributed by atoms with Crippen molar-refractivity contribution in [3.05, 3.63) is 0 Å². The first-order valence-corrected chi connectivity index (χ1v) is 6.67. The summed E-state index contributed by atoms with van der Waals surface area (Å²) in [7, 11) is 0. The first-order valence-electron chi connectivity index (χ1n) is 6.67. The number of likely N-dealkylation sites (N-methyl/N-ethyl adjacent to an activating group) is 1. The summed E-state index contributed by atoms with van der Waals surface area (Å²) in [5.41, 5.74) is 0. The number of hydrogen-bond acceptors (Lipinski definition) is 3. The molecule has 0 aromatic heterocycles. The van der Waals surface area contributed by atoms with Crippen molar-refractivity contribution in [3.63, 3.8) is 0 Å². The highest BCUT2D eigenvalue weighted by Gasteiger charge is 2.23. The number of nitriles is 1. The lowest BCUT2D eigenvalue weighted by atomic mass is 9.85. The topological polar surface area (TPSA) is 39.1 Å². The third-order valence-electron chi connectivity index (χ3n) is 3.66. The van der Waals surface area contributed by atoms with Crippen LogP contribution in [0.1, 0.15) is 39.5 Å². The van der Waals surface area contributed by atoms with Crippen LogP contribution in [-0.4, -0.2) is 37.1 Å². The van der Waals surface area contributed by atoms with Gasteiger partial charge < -0.3 is 10.2 Å². The molecule has 1 N–H and O–H groups in total. The van der Waals surface area contributed by atoms with Crippen molar-refractivity contribution in [2.45, 2.75) is 45.6 Å². The lowest BCUT2D eigenvalue weighted by Gasteiger charge is -2.28. The lowest BCUT2D eigenvalue weighted by molar-refractivity contribution is 0.267. The van der Waals surface area contributed by atoms with Gasteiger partial charge in [-0.3, -0.25) is 0 Å². The van der Waals surface area contributed by atoms with Crippen LogP contribution in [0.2, 0.25) is 0 Å². The van der Waals surface area contributed by atoms with Crippen LogP contribution in [0.3, 0.4) is 0 Å². The minimum absolute atomic E-state index is 0.241. The third kappa shape index (κ3) is 4.11. The highest BCUT2D eigenvalue weighted by Crippen LogP contribution is 2.23. The van der Waals surface area contributed by atoms with Gasteiger partial charge in [-0.25, -0.2) is 0 Å². The average molecular weight is 223 g/mol. The van der Waals surface area contributed by atoms with Crippen LogP contribution in [-0.2, 0) is 0 Å². The Labute approximate surface area is 99.8 Å². The van der Waals surface area contributed by atoms with E-state index < -0.39 is 0 Å². The zero-order chi connectivity index (χ0) is 11.8. The van der Waals surface area contributed by atoms with Gasteiger partial charge in [-0.1, -0.05) is 26.7 Å². The van der Waals surface area contributed by atoms with Gasteiger partial charge in [-0.15, -0.1) is 0 Å². The number of hydrogen-bond donors (Lipinski definition) is 1. The first-order chi connectivity index (χ1) is 7.81. The fraction of sp³-hybridized carbons (Fsp3) is 0.923. The summed E-state index contributed by atoms with van der Waals surface area (Å²) in [6.45, 7) is 8.74. The molecule has 0 amide bonds. The van der Waals surface area contributed by atoms with Gasteiger partial charge in [0.15, 0.2) is 0 Å². The molecule has 1 rings (SSSR count). The number of nitrogens with one attached hydrogen (secondary N) is 1. The fourth-order valence-electron chi connectivity index (χ4n) is 2.48. The van der Waals surface area contributed by atoms with Crippen molar-refractivity contribution < 1.29 is 0 Å². The Bertz CT molecular complexity index is 218. The molecule has 1 saturated carbocycles. The minimum atomic E-state index is 0.241. The lowest BCUT2D eigenvalue weighted by Crippen LogP contribution is -2.42. The van der Waals surface area contributed by atoms with Crippen LogP contribution in [0.15, 0.2) is 0 Å². The van der Waals surface area contributed by atoms with E-state index in [4.69, 9.17) is 5.26 Å². The molecule has 0 heterocycles. The van der Waals surface area contributed by atoms with Crippen molar-refractivity contribution in [3.8, 4) is 6.07 Å². The molecule has 0 aromatic carbocycles. The van der Waals surface area contributed by atoms with E-state index in [0.717, 1.165) is 32.6 Å². The minimum Gasteiger partial charge on any atom is -0.311 e. The molecule has 16 heavy (non-hydrogen) atoms. The summed E-state index contributed by atoms with van der Waals surface area (Å²) in [5.74, 6) is 0.241. The maximum Gasteiger partial charge on any atom is 0.0672 e. The summed E-state index contributed by atoms with van der Waals surface area (Å²) in [5, 5.41) is 12.6. The summed E-state index contributed by atoms with van der Waals surface area (Å²) < 4.78 is 0. The largest absolute Gasteiger partial charge is 0.311 e. The Kier molecular flexibility index (Phi) is 6.44. The van der Waals surface area contributed by atoms with E-state index in [1.54, 1.807) is 0 Å². The molecule has 0 bridgehead atoms. The van der Waals surface area contributed by atoms with E-state index in [1.165, 1.54) is 19.3 Å². The Morgan fingerprint density at radius 3 is 2.56 bits per heavy atom. The summed E-state index contributed by atoms with van der Waals surface area (Å²) in [6.07, 6.45) is 4.77. The maximum absolute atomic E-state index is 9.06. The molecule has 2 atom stereocenters. The SMILES string of the molecule is CCN(CC)CCNC1CCCCC1C#N. The normalized spacial score (nSPS) is 25.6. The molecule has 0 aromatic rings. The molecule has 3 nitrogen and oxygen atoms in total. The van der Waals surface area contributed by atoms with Crippen molar-refractivity contribution in [2.24, 2.45) is 5.92 Å². The van der Waals surface area contributed by atoms with Crippen molar-refractivity contribution >= 4 is 0 Å². The maximum atomic E-state index is 9.06. The Hall–Kier alpha value is -0.590. The Balaban J connectivity index is 2.22. The third-order valence-corrected chi connectivity index (χ3v) is 3.66. The van der Waals surface area contributed by atoms with Crippen LogP contribution < -0.4 is 5.32 Å². The monoisotopic (exact) mass is 223 g/mol. The molecule has 1 aliphatic carbocycles. The summed E-state index contributed by atoms with van der Waals surface area (Å²) in [4.78, 5) is 2.41. The first kappa shape index (κ1) is 13.5. The van der Waals surface area contributed by atoms with E-state index in [9.17, 15) is 0 Å². The molecule has 1 fully saturated rings. The predicted octanol–water partition coefficient (Wildman–Crippen LogP) is 2.00. The smallest absolute Gasteiger partial charge is 0.0672 e. The molecule has 3 heteroatoms. The van der Waals surface area contributed by atoms with Crippen LogP contribution in [0.25, 0.3) is 0 Å². The fourth-order valence-corrected chi connectivity index (χ4v) is 2.48. The van der Waals surface area contributed by atoms with Gasteiger partial charge in [-0.05, 0) is 25.9 Å². The van der Waals surface area contributed by atoms with Gasteiger partial charge in [0, 0.05) is 19.1 Å². The Morgan fingerprint density at radius 2 is 1.94 bits per heavy atom. The standard InChI is InChI=1S/C13H25N3/c1-3-16(4-2)10-9-15-13-8-6-5-7-12(13)11-14/h12-13,15H,3-10H2,1-2H3. The van der Waals surface area contributed by atoms with Crippen LogP contribution in [0.5, 0.6) is 0 Å². The quantitative estimate of drug-likeness (QED) is 0.748. The van der Waals surface area contributed by atoms with Gasteiger partial charge in [0.05, 0.1) is 12.0 Å². The molecule has 92 valence electrons. The second kappa shape index (κ2) is 7.65. The average Bonchev–Trinajstić information content (AvgIpc) is 2.35. The second-order valence-corrected chi connectivity index (χ2v) is 4.61. The van der Waals surface area contributed by atoms with Crippen LogP contribution >= 0.6 is 0 Å². The van der Waals surface area contributed by atoms with Gasteiger partial charge >= 0.3 is 0 Å². The van der Waals surface area contributed by atoms with Crippen molar-refractivity contribution in [2.75, 3.05) is 26.2 Å². The highest BCUT2D eigenvalue weighted by atomic mass is 15.1. The number of rotatable bonds is 6. The van der Waals surface area contributed by atoms with E-state index in [0.29, 0.717) is 6.04 Å². The molecule has 0 saturated heterocycles. The molecular weight excluding hydrogens is 198 g/mol. The molecule has 0 aliphatic heterocycles. The summed E-state index contributed by atoms with van der Waals surface area (Å²) >= 11 is 0. The molecule has 2 unspecified atom stereocenters. The van der Waals surface area contributed by atoms with Crippen LogP contribution in [0, 0.1) is 17.2 Å². The van der Waals surface area contributed by atoms with E-state index in [2.05, 4.69) is 30.1 Å². The second-order valence-electron chi connectivity index (χ2n) is 4.61. The Morgan fingerprint density at radius 1 is 1.25 bits per heavy atom. The van der Waals surface area contributed by atoms with Crippen LogP contribution in [0.4, 0.5) is 0 Å². The predicted molar refractivity (Wildman–Crippen MR) is 67.1 cm³/mol. The van der Waals surface area contributed by atoms with Crippen molar-refractivity contribution in [1.29, 1.82) is 5.26 Å². The zero-order valence-electron chi connectivity index (χ0n) is 10.7. The van der Waals surface area contributed by atoms with Gasteiger partial charge in [0.1, 0.15) is 0 Å². The molecule has 0 radical (unpaired) electrons. The molecular formula is C13H25N3. The van der Waals surface area contributed by atoms with E-state index >= 15 is 0 Å². The zero-order valence-corrected chi connectivity index (χ0v) is 10.7. The number of nitrogens with zero attached hydrogens (tertiary/aromatic N) is 2. The van der Waals surface area contributed by atoms with Gasteiger partial charge in [0.25, 0.3) is 0 Å². The van der Waals surface area contributed by atoms with Crippen molar-refractivity contribution in [1.82, 2.24) is 10.2 Å². The van der Waals surface area contributed by atoms with E-state index in [1.807, 2.05) is 0 Å².